The number of amides is 1. The molecule has 1 N–H and O–H groups in total. The number of thiophene rings is 1. The summed E-state index contributed by atoms with van der Waals surface area (Å²) in [5.74, 6) is -0.0152. The Morgan fingerprint density at radius 2 is 2.00 bits per heavy atom. The summed E-state index contributed by atoms with van der Waals surface area (Å²) in [6.07, 6.45) is 6.36. The van der Waals surface area contributed by atoms with Crippen LogP contribution in [-0.4, -0.2) is 42.0 Å². The van der Waals surface area contributed by atoms with E-state index in [-0.39, 0.29) is 5.91 Å². The number of rotatable bonds is 6. The van der Waals surface area contributed by atoms with Gasteiger partial charge in [-0.2, -0.15) is 0 Å². The second-order valence-electron chi connectivity index (χ2n) is 6.67. The molecule has 0 spiro atoms. The molecule has 0 aliphatic carbocycles. The topological polar surface area (TPSA) is 45.2 Å². The Morgan fingerprint density at radius 3 is 2.68 bits per heavy atom. The van der Waals surface area contributed by atoms with Gasteiger partial charge in [0.05, 0.1) is 21.8 Å². The maximum absolute atomic E-state index is 12.4. The summed E-state index contributed by atoms with van der Waals surface area (Å²) in [4.78, 5) is 20.7. The van der Waals surface area contributed by atoms with Crippen LogP contribution in [0.2, 0.25) is 0 Å². The average molecular weight is 358 g/mol. The van der Waals surface area contributed by atoms with Crippen LogP contribution in [0.1, 0.15) is 48.2 Å². The van der Waals surface area contributed by atoms with Crippen LogP contribution < -0.4 is 5.32 Å². The van der Waals surface area contributed by atoms with Gasteiger partial charge in [-0.05, 0) is 69.4 Å². The number of likely N-dealkylation sites (tertiary alicyclic amines) is 1. The normalized spacial score (nSPS) is 15.7. The summed E-state index contributed by atoms with van der Waals surface area (Å²) in [6, 6.07) is 7.89. The third kappa shape index (κ3) is 5.13. The first-order valence-corrected chi connectivity index (χ1v) is 10.1. The lowest BCUT2D eigenvalue weighted by molar-refractivity contribution is 0.0950. The molecule has 1 amide bonds. The lowest BCUT2D eigenvalue weighted by Crippen LogP contribution is -2.31. The molecule has 134 valence electrons. The zero-order valence-electron chi connectivity index (χ0n) is 15.0. The van der Waals surface area contributed by atoms with E-state index in [0.717, 1.165) is 35.8 Å². The molecule has 0 bridgehead atoms. The first kappa shape index (κ1) is 18.1. The van der Waals surface area contributed by atoms with Gasteiger partial charge in [-0.25, -0.2) is 0 Å². The molecule has 0 aromatic carbocycles. The quantitative estimate of drug-likeness (QED) is 0.791. The monoisotopic (exact) mass is 357 g/mol. The zero-order chi connectivity index (χ0) is 17.5. The highest BCUT2D eigenvalue weighted by molar-refractivity contribution is 7.13. The Kier molecular flexibility index (Phi) is 6.59. The van der Waals surface area contributed by atoms with Crippen LogP contribution in [0.4, 0.5) is 0 Å². The highest BCUT2D eigenvalue weighted by atomic mass is 32.1. The zero-order valence-corrected chi connectivity index (χ0v) is 15.8. The van der Waals surface area contributed by atoms with Gasteiger partial charge in [-0.3, -0.25) is 9.78 Å². The highest BCUT2D eigenvalue weighted by Crippen LogP contribution is 2.23. The SMILES string of the molecule is Cc1nc(-c2cccs2)ccc1C(=O)NCCCN1CCCCCC1. The fraction of sp³-hybridized carbons (Fsp3) is 0.500. The lowest BCUT2D eigenvalue weighted by atomic mass is 10.1. The standard InChI is InChI=1S/C20H27N3OS/c1-16-17(9-10-18(22-16)19-8-6-15-25-19)20(24)21-11-7-14-23-12-4-2-3-5-13-23/h6,8-10,15H,2-5,7,11-14H2,1H3,(H,21,24). The Labute approximate surface area is 154 Å². The van der Waals surface area contributed by atoms with Crippen molar-refractivity contribution in [2.24, 2.45) is 0 Å². The molecule has 2 aromatic rings. The number of aromatic nitrogens is 1. The predicted molar refractivity (Wildman–Crippen MR) is 104 cm³/mol. The van der Waals surface area contributed by atoms with E-state index in [9.17, 15) is 4.79 Å². The summed E-state index contributed by atoms with van der Waals surface area (Å²) < 4.78 is 0. The van der Waals surface area contributed by atoms with E-state index < -0.39 is 0 Å². The van der Waals surface area contributed by atoms with Crippen LogP contribution >= 0.6 is 11.3 Å². The van der Waals surface area contributed by atoms with E-state index in [1.807, 2.05) is 30.5 Å². The summed E-state index contributed by atoms with van der Waals surface area (Å²) >= 11 is 1.66. The molecular formula is C20H27N3OS. The predicted octanol–water partition coefficient (Wildman–Crippen LogP) is 4.11. The van der Waals surface area contributed by atoms with Crippen LogP contribution in [0.25, 0.3) is 10.6 Å². The van der Waals surface area contributed by atoms with Crippen molar-refractivity contribution in [2.75, 3.05) is 26.2 Å². The van der Waals surface area contributed by atoms with Crippen LogP contribution in [-0.2, 0) is 0 Å². The maximum Gasteiger partial charge on any atom is 0.253 e. The van der Waals surface area contributed by atoms with Crippen molar-refractivity contribution in [3.05, 3.63) is 40.9 Å². The number of nitrogens with one attached hydrogen (secondary N) is 1. The molecule has 5 heteroatoms. The number of pyridine rings is 1. The van der Waals surface area contributed by atoms with Gasteiger partial charge in [0.1, 0.15) is 0 Å². The third-order valence-corrected chi connectivity index (χ3v) is 5.63. The van der Waals surface area contributed by atoms with Gasteiger partial charge in [-0.15, -0.1) is 11.3 Å². The molecule has 25 heavy (non-hydrogen) atoms. The van der Waals surface area contributed by atoms with E-state index in [1.165, 1.54) is 38.8 Å². The fourth-order valence-electron chi connectivity index (χ4n) is 3.32. The molecule has 1 aliphatic heterocycles. The number of hydrogen-bond donors (Lipinski definition) is 1. The molecule has 3 rings (SSSR count). The van der Waals surface area contributed by atoms with Crippen molar-refractivity contribution in [3.8, 4) is 10.6 Å². The van der Waals surface area contributed by atoms with Crippen LogP contribution in [0.15, 0.2) is 29.6 Å². The van der Waals surface area contributed by atoms with E-state index in [4.69, 9.17) is 0 Å². The third-order valence-electron chi connectivity index (χ3n) is 4.74. The number of carbonyl (C=O) groups is 1. The van der Waals surface area contributed by atoms with Crippen molar-refractivity contribution in [2.45, 2.75) is 39.0 Å². The molecule has 1 fully saturated rings. The fourth-order valence-corrected chi connectivity index (χ4v) is 4.02. The van der Waals surface area contributed by atoms with Crippen LogP contribution in [0.5, 0.6) is 0 Å². The van der Waals surface area contributed by atoms with Gasteiger partial charge in [0.2, 0.25) is 0 Å². The maximum atomic E-state index is 12.4. The van der Waals surface area contributed by atoms with Crippen molar-refractivity contribution in [3.63, 3.8) is 0 Å². The minimum atomic E-state index is -0.0152. The number of hydrogen-bond acceptors (Lipinski definition) is 4. The van der Waals surface area contributed by atoms with Gasteiger partial charge in [0.25, 0.3) is 5.91 Å². The van der Waals surface area contributed by atoms with Gasteiger partial charge < -0.3 is 10.2 Å². The van der Waals surface area contributed by atoms with Crippen molar-refractivity contribution < 1.29 is 4.79 Å². The minimum absolute atomic E-state index is 0.0152. The number of aryl methyl sites for hydroxylation is 1. The molecule has 0 atom stereocenters. The average Bonchev–Trinajstić information content (AvgIpc) is 3.03. The lowest BCUT2D eigenvalue weighted by Gasteiger charge is -2.19. The first-order chi connectivity index (χ1) is 12.2. The van der Waals surface area contributed by atoms with Crippen LogP contribution in [0, 0.1) is 6.92 Å². The molecule has 0 unspecified atom stereocenters. The second-order valence-corrected chi connectivity index (χ2v) is 7.62. The van der Waals surface area contributed by atoms with Gasteiger partial charge in [0.15, 0.2) is 0 Å². The second kappa shape index (κ2) is 9.11. The van der Waals surface area contributed by atoms with Crippen molar-refractivity contribution in [1.29, 1.82) is 0 Å². The Hall–Kier alpha value is -1.72. The molecule has 1 saturated heterocycles. The molecule has 3 heterocycles. The molecule has 2 aromatic heterocycles. The molecular weight excluding hydrogens is 330 g/mol. The number of carbonyl (C=O) groups excluding carboxylic acids is 1. The largest absolute Gasteiger partial charge is 0.352 e. The first-order valence-electron chi connectivity index (χ1n) is 9.26. The van der Waals surface area contributed by atoms with E-state index >= 15 is 0 Å². The van der Waals surface area contributed by atoms with Gasteiger partial charge in [0, 0.05) is 6.54 Å². The Balaban J connectivity index is 1.48. The number of nitrogens with zero attached hydrogens (tertiary/aromatic N) is 2. The smallest absolute Gasteiger partial charge is 0.253 e. The summed E-state index contributed by atoms with van der Waals surface area (Å²) in [5, 5.41) is 5.09. The molecule has 1 aliphatic rings. The van der Waals surface area contributed by atoms with Gasteiger partial charge >= 0.3 is 0 Å². The Bertz CT molecular complexity index is 676. The highest BCUT2D eigenvalue weighted by Gasteiger charge is 2.12. The molecule has 0 radical (unpaired) electrons. The molecule has 0 saturated carbocycles. The summed E-state index contributed by atoms with van der Waals surface area (Å²) in [7, 11) is 0. The van der Waals surface area contributed by atoms with Crippen molar-refractivity contribution >= 4 is 17.2 Å². The van der Waals surface area contributed by atoms with E-state index in [1.54, 1.807) is 11.3 Å². The van der Waals surface area contributed by atoms with E-state index in [2.05, 4.69) is 21.3 Å². The van der Waals surface area contributed by atoms with Crippen molar-refractivity contribution in [1.82, 2.24) is 15.2 Å². The van der Waals surface area contributed by atoms with E-state index in [0.29, 0.717) is 5.56 Å². The summed E-state index contributed by atoms with van der Waals surface area (Å²) in [5.41, 5.74) is 2.40. The van der Waals surface area contributed by atoms with Crippen LogP contribution in [0.3, 0.4) is 0 Å². The summed E-state index contributed by atoms with van der Waals surface area (Å²) in [6.45, 7) is 6.13. The Morgan fingerprint density at radius 1 is 1.20 bits per heavy atom. The van der Waals surface area contributed by atoms with Gasteiger partial charge in [-0.1, -0.05) is 18.9 Å². The molecule has 4 nitrogen and oxygen atoms in total. The minimum Gasteiger partial charge on any atom is -0.352 e.